The van der Waals surface area contributed by atoms with Crippen LogP contribution in [-0.4, -0.2) is 40.0 Å². The number of likely N-dealkylation sites (tertiary alicyclic amines) is 1. The number of piperidine rings is 1. The number of nitrogens with zero attached hydrogens (tertiary/aromatic N) is 3. The second-order valence-corrected chi connectivity index (χ2v) is 9.70. The second-order valence-electron chi connectivity index (χ2n) is 9.70. The number of nitrogens with one attached hydrogen (secondary N) is 1. The molecule has 0 saturated carbocycles. The molecule has 1 N–H and O–H groups in total. The van der Waals surface area contributed by atoms with Crippen molar-refractivity contribution in [1.29, 1.82) is 0 Å². The largest absolute Gasteiger partial charge is 0.421 e. The monoisotopic (exact) mass is 532 g/mol. The van der Waals surface area contributed by atoms with Crippen LogP contribution in [-0.2, 0) is 33.8 Å². The van der Waals surface area contributed by atoms with Crippen LogP contribution in [0.5, 0.6) is 0 Å². The molecule has 1 aromatic carbocycles. The van der Waals surface area contributed by atoms with Crippen molar-refractivity contribution < 1.29 is 31.5 Å². The maximum absolute atomic E-state index is 14.6. The summed E-state index contributed by atoms with van der Waals surface area (Å²) >= 11 is 0. The number of halogens is 5. The lowest BCUT2D eigenvalue weighted by molar-refractivity contribution is -0.190. The van der Waals surface area contributed by atoms with Gasteiger partial charge in [0.25, 0.3) is 0 Å². The fraction of sp³-hybridized carbons (Fsp3) is 0.370. The number of rotatable bonds is 5. The summed E-state index contributed by atoms with van der Waals surface area (Å²) in [5.41, 5.74) is -1.85. The third-order valence-corrected chi connectivity index (χ3v) is 7.33. The van der Waals surface area contributed by atoms with E-state index in [1.165, 1.54) is 12.3 Å². The van der Waals surface area contributed by atoms with E-state index in [-0.39, 0.29) is 5.60 Å². The third kappa shape index (κ3) is 4.54. The zero-order chi connectivity index (χ0) is 27.1. The molecule has 1 spiro atoms. The summed E-state index contributed by atoms with van der Waals surface area (Å²) in [7, 11) is 0. The van der Waals surface area contributed by atoms with Crippen molar-refractivity contribution in [2.45, 2.75) is 50.2 Å². The standard InChI is InChI=1S/C27H25F5N4O2/c1-17(37)35-26(27(30,31)32,20-3-4-22(28)23(29)12-20)24-5-2-18(13-34-24)15-36-10-7-25(8-11-36)21-14-33-9-6-19(21)16-38-25/h2-6,9,12-14H,7-8,10-11,15-16H2,1H3,(H,35,37)/t26-/m0/s1. The molecule has 1 atom stereocenters. The average molecular weight is 533 g/mol. The minimum absolute atomic E-state index is 0.364. The highest BCUT2D eigenvalue weighted by atomic mass is 19.4. The summed E-state index contributed by atoms with van der Waals surface area (Å²) in [4.78, 5) is 22.4. The smallest absolute Gasteiger partial charge is 0.365 e. The summed E-state index contributed by atoms with van der Waals surface area (Å²) < 4.78 is 77.4. The highest BCUT2D eigenvalue weighted by Crippen LogP contribution is 2.45. The van der Waals surface area contributed by atoms with Crippen LogP contribution in [0.3, 0.4) is 0 Å². The average Bonchev–Trinajstić information content (AvgIpc) is 3.23. The van der Waals surface area contributed by atoms with E-state index in [4.69, 9.17) is 4.74 Å². The Balaban J connectivity index is 1.37. The molecule has 0 unspecified atom stereocenters. The summed E-state index contributed by atoms with van der Waals surface area (Å²) in [6, 6.07) is 6.43. The van der Waals surface area contributed by atoms with Crippen LogP contribution < -0.4 is 5.32 Å². The van der Waals surface area contributed by atoms with E-state index in [1.807, 2.05) is 17.6 Å². The number of fused-ring (bicyclic) bond motifs is 2. The van der Waals surface area contributed by atoms with Crippen LogP contribution >= 0.6 is 0 Å². The Morgan fingerprint density at radius 2 is 1.84 bits per heavy atom. The lowest BCUT2D eigenvalue weighted by atomic mass is 9.84. The van der Waals surface area contributed by atoms with E-state index in [2.05, 4.69) is 14.9 Å². The number of pyridine rings is 2. The van der Waals surface area contributed by atoms with Crippen LogP contribution in [0.4, 0.5) is 22.0 Å². The predicted octanol–water partition coefficient (Wildman–Crippen LogP) is 4.72. The first kappa shape index (κ1) is 26.2. The van der Waals surface area contributed by atoms with Gasteiger partial charge in [-0.3, -0.25) is 19.7 Å². The van der Waals surface area contributed by atoms with Crippen molar-refractivity contribution in [3.8, 4) is 0 Å². The molecule has 6 nitrogen and oxygen atoms in total. The molecule has 1 saturated heterocycles. The molecule has 38 heavy (non-hydrogen) atoms. The SMILES string of the molecule is CC(=O)N[C@@](c1ccc(F)c(F)c1)(c1ccc(CN2CCC3(CC2)OCc2ccncc23)cn1)C(F)(F)F. The summed E-state index contributed by atoms with van der Waals surface area (Å²) in [5.74, 6) is -3.78. The molecule has 200 valence electrons. The van der Waals surface area contributed by atoms with Crippen LogP contribution in [0.15, 0.2) is 55.0 Å². The van der Waals surface area contributed by atoms with Crippen molar-refractivity contribution in [1.82, 2.24) is 20.2 Å². The number of ether oxygens (including phenoxy) is 1. The van der Waals surface area contributed by atoms with Gasteiger partial charge in [-0.2, -0.15) is 13.2 Å². The Kier molecular flexibility index (Phi) is 6.68. The molecule has 3 aromatic rings. The predicted molar refractivity (Wildman–Crippen MR) is 126 cm³/mol. The van der Waals surface area contributed by atoms with Gasteiger partial charge in [-0.1, -0.05) is 12.1 Å². The number of amides is 1. The maximum atomic E-state index is 14.6. The molecule has 4 heterocycles. The molecule has 1 amide bonds. The highest BCUT2D eigenvalue weighted by molar-refractivity contribution is 5.75. The van der Waals surface area contributed by atoms with Crippen molar-refractivity contribution >= 4 is 5.91 Å². The number of hydrogen-bond donors (Lipinski definition) is 1. The molecule has 0 bridgehead atoms. The quantitative estimate of drug-likeness (QED) is 0.482. The lowest BCUT2D eigenvalue weighted by Gasteiger charge is -2.39. The van der Waals surface area contributed by atoms with Crippen molar-refractivity contribution in [2.24, 2.45) is 0 Å². The van der Waals surface area contributed by atoms with Crippen LogP contribution in [0.1, 0.15) is 47.7 Å². The van der Waals surface area contributed by atoms with Gasteiger partial charge in [-0.05, 0) is 53.8 Å². The molecule has 2 aliphatic rings. The van der Waals surface area contributed by atoms with E-state index in [0.29, 0.717) is 43.9 Å². The number of alkyl halides is 3. The topological polar surface area (TPSA) is 67.4 Å². The Morgan fingerprint density at radius 3 is 2.47 bits per heavy atom. The molecule has 2 aliphatic heterocycles. The number of carbonyl (C=O) groups is 1. The van der Waals surface area contributed by atoms with Crippen LogP contribution in [0.2, 0.25) is 0 Å². The second kappa shape index (κ2) is 9.70. The lowest BCUT2D eigenvalue weighted by Crippen LogP contribution is -2.57. The Hall–Kier alpha value is -3.44. The molecule has 1 fully saturated rings. The summed E-state index contributed by atoms with van der Waals surface area (Å²) in [6.45, 7) is 3.34. The zero-order valence-electron chi connectivity index (χ0n) is 20.5. The van der Waals surface area contributed by atoms with Crippen molar-refractivity contribution in [3.05, 3.63) is 94.6 Å². The van der Waals surface area contributed by atoms with Gasteiger partial charge in [-0.25, -0.2) is 8.78 Å². The third-order valence-electron chi connectivity index (χ3n) is 7.33. The van der Waals surface area contributed by atoms with E-state index < -0.39 is 40.5 Å². The van der Waals surface area contributed by atoms with Gasteiger partial charge < -0.3 is 10.1 Å². The Labute approximate surface area is 215 Å². The first-order chi connectivity index (χ1) is 18.0. The number of hydrogen-bond acceptors (Lipinski definition) is 5. The molecular weight excluding hydrogens is 507 g/mol. The van der Waals surface area contributed by atoms with Crippen LogP contribution in [0.25, 0.3) is 0 Å². The van der Waals surface area contributed by atoms with Gasteiger partial charge >= 0.3 is 6.18 Å². The van der Waals surface area contributed by atoms with E-state index in [1.54, 1.807) is 6.20 Å². The minimum atomic E-state index is -5.11. The summed E-state index contributed by atoms with van der Waals surface area (Å²) in [6.07, 6.45) is 1.33. The van der Waals surface area contributed by atoms with E-state index >= 15 is 0 Å². The molecule has 0 radical (unpaired) electrons. The molecule has 11 heteroatoms. The normalized spacial score (nSPS) is 18.7. The van der Waals surface area contributed by atoms with Gasteiger partial charge in [-0.15, -0.1) is 0 Å². The first-order valence-corrected chi connectivity index (χ1v) is 12.1. The number of benzene rings is 1. The molecule has 5 rings (SSSR count). The molecule has 0 aliphatic carbocycles. The number of carbonyl (C=O) groups excluding carboxylic acids is 1. The van der Waals surface area contributed by atoms with Gasteiger partial charge in [0.1, 0.15) is 0 Å². The highest BCUT2D eigenvalue weighted by Gasteiger charge is 2.59. The maximum Gasteiger partial charge on any atom is 0.421 e. The van der Waals surface area contributed by atoms with Crippen molar-refractivity contribution in [2.75, 3.05) is 13.1 Å². The van der Waals surface area contributed by atoms with Gasteiger partial charge in [0.2, 0.25) is 11.4 Å². The van der Waals surface area contributed by atoms with Crippen LogP contribution in [0, 0.1) is 11.6 Å². The molecular formula is C27H25F5N4O2. The Bertz CT molecular complexity index is 1340. The summed E-state index contributed by atoms with van der Waals surface area (Å²) in [5, 5.41) is 1.90. The number of aromatic nitrogens is 2. The van der Waals surface area contributed by atoms with E-state index in [0.717, 1.165) is 43.0 Å². The van der Waals surface area contributed by atoms with E-state index in [9.17, 15) is 26.7 Å². The molecule has 2 aromatic heterocycles. The van der Waals surface area contributed by atoms with Gasteiger partial charge in [0, 0.05) is 50.7 Å². The fourth-order valence-corrected chi connectivity index (χ4v) is 5.39. The fourth-order valence-electron chi connectivity index (χ4n) is 5.39. The first-order valence-electron chi connectivity index (χ1n) is 12.1. The van der Waals surface area contributed by atoms with Crippen molar-refractivity contribution in [3.63, 3.8) is 0 Å². The zero-order valence-corrected chi connectivity index (χ0v) is 20.5. The van der Waals surface area contributed by atoms with Gasteiger partial charge in [0.15, 0.2) is 11.6 Å². The Morgan fingerprint density at radius 1 is 1.08 bits per heavy atom. The minimum Gasteiger partial charge on any atom is -0.365 e. The van der Waals surface area contributed by atoms with Gasteiger partial charge in [0.05, 0.1) is 17.9 Å².